The third-order valence-corrected chi connectivity index (χ3v) is 2.35. The standard InChI is InChI=1S/C14H21Cl/c1-2-3-4-5-6-7-8-9-10-11-12-13-14-15/h2-4,9-14H2,1H3. The van der Waals surface area contributed by atoms with Gasteiger partial charge in [-0.3, -0.25) is 0 Å². The van der Waals surface area contributed by atoms with Crippen LogP contribution in [0.25, 0.3) is 0 Å². The van der Waals surface area contributed by atoms with E-state index < -0.39 is 0 Å². The molecule has 0 nitrogen and oxygen atoms in total. The lowest BCUT2D eigenvalue weighted by Crippen LogP contribution is -1.78. The van der Waals surface area contributed by atoms with Gasteiger partial charge in [-0.25, -0.2) is 0 Å². The number of alkyl halides is 1. The van der Waals surface area contributed by atoms with Crippen LogP contribution in [0.1, 0.15) is 58.3 Å². The molecular weight excluding hydrogens is 204 g/mol. The van der Waals surface area contributed by atoms with E-state index in [0.29, 0.717) is 0 Å². The largest absolute Gasteiger partial charge is 0.127 e. The third kappa shape index (κ3) is 13.4. The number of unbranched alkanes of at least 4 members (excludes halogenated alkanes) is 6. The van der Waals surface area contributed by atoms with Gasteiger partial charge in [0.15, 0.2) is 0 Å². The molecule has 0 aliphatic carbocycles. The third-order valence-electron chi connectivity index (χ3n) is 2.08. The van der Waals surface area contributed by atoms with Crippen LogP contribution in [-0.4, -0.2) is 5.88 Å². The molecule has 0 unspecified atom stereocenters. The highest BCUT2D eigenvalue weighted by molar-refractivity contribution is 6.17. The van der Waals surface area contributed by atoms with E-state index in [1.807, 2.05) is 0 Å². The zero-order valence-corrected chi connectivity index (χ0v) is 10.5. The number of hydrogen-bond acceptors (Lipinski definition) is 0. The van der Waals surface area contributed by atoms with Crippen molar-refractivity contribution >= 4 is 11.6 Å². The fourth-order valence-corrected chi connectivity index (χ4v) is 1.33. The quantitative estimate of drug-likeness (QED) is 0.342. The van der Waals surface area contributed by atoms with E-state index in [1.54, 1.807) is 0 Å². The molecule has 0 aromatic rings. The Balaban J connectivity index is 3.25. The minimum absolute atomic E-state index is 0.786. The van der Waals surface area contributed by atoms with Crippen LogP contribution in [0.2, 0.25) is 0 Å². The molecule has 0 heterocycles. The first kappa shape index (κ1) is 14.4. The van der Waals surface area contributed by atoms with Gasteiger partial charge in [0.05, 0.1) is 0 Å². The Hall–Kier alpha value is -0.590. The van der Waals surface area contributed by atoms with Crippen molar-refractivity contribution in [3.63, 3.8) is 0 Å². The Morgan fingerprint density at radius 2 is 1.40 bits per heavy atom. The monoisotopic (exact) mass is 224 g/mol. The van der Waals surface area contributed by atoms with E-state index in [1.165, 1.54) is 32.1 Å². The highest BCUT2D eigenvalue weighted by Crippen LogP contribution is 2.02. The fourth-order valence-electron chi connectivity index (χ4n) is 1.14. The summed E-state index contributed by atoms with van der Waals surface area (Å²) in [6, 6.07) is 0. The minimum atomic E-state index is 0.786. The van der Waals surface area contributed by atoms with Gasteiger partial charge in [-0.1, -0.05) is 38.0 Å². The van der Waals surface area contributed by atoms with Crippen LogP contribution in [0.4, 0.5) is 0 Å². The molecule has 0 fully saturated rings. The van der Waals surface area contributed by atoms with Gasteiger partial charge in [-0.05, 0) is 31.1 Å². The average molecular weight is 225 g/mol. The summed E-state index contributed by atoms with van der Waals surface area (Å²) in [5.41, 5.74) is 0. The van der Waals surface area contributed by atoms with Gasteiger partial charge < -0.3 is 0 Å². The van der Waals surface area contributed by atoms with Gasteiger partial charge in [-0.15, -0.1) is 11.6 Å². The molecule has 0 rings (SSSR count). The summed E-state index contributed by atoms with van der Waals surface area (Å²) >= 11 is 5.58. The second-order valence-corrected chi connectivity index (χ2v) is 3.94. The summed E-state index contributed by atoms with van der Waals surface area (Å²) in [7, 11) is 0. The first-order valence-electron chi connectivity index (χ1n) is 5.93. The summed E-state index contributed by atoms with van der Waals surface area (Å²) in [5, 5.41) is 0. The van der Waals surface area contributed by atoms with Crippen LogP contribution in [0.5, 0.6) is 0 Å². The molecule has 0 aromatic heterocycles. The number of rotatable bonds is 7. The maximum atomic E-state index is 5.58. The first-order chi connectivity index (χ1) is 7.41. The lowest BCUT2D eigenvalue weighted by Gasteiger charge is -1.93. The molecule has 15 heavy (non-hydrogen) atoms. The van der Waals surface area contributed by atoms with Crippen LogP contribution in [0.15, 0.2) is 0 Å². The molecule has 1 heteroatoms. The maximum absolute atomic E-state index is 5.58. The summed E-state index contributed by atoms with van der Waals surface area (Å²) in [4.78, 5) is 0. The highest BCUT2D eigenvalue weighted by atomic mass is 35.5. The maximum Gasteiger partial charge on any atom is 0.0223 e. The smallest absolute Gasteiger partial charge is 0.0223 e. The molecule has 0 spiro atoms. The molecule has 0 aromatic carbocycles. The zero-order chi connectivity index (χ0) is 11.2. The lowest BCUT2D eigenvalue weighted by atomic mass is 10.1. The molecule has 84 valence electrons. The molecule has 0 aliphatic heterocycles. The normalized spacial score (nSPS) is 8.67. The minimum Gasteiger partial charge on any atom is -0.127 e. The van der Waals surface area contributed by atoms with Crippen LogP contribution >= 0.6 is 11.6 Å². The molecule has 0 atom stereocenters. The summed E-state index contributed by atoms with van der Waals surface area (Å²) in [5.74, 6) is 12.7. The van der Waals surface area contributed by atoms with Crippen molar-refractivity contribution in [3.05, 3.63) is 0 Å². The second kappa shape index (κ2) is 13.4. The molecule has 0 saturated heterocycles. The van der Waals surface area contributed by atoms with Gasteiger partial charge in [-0.2, -0.15) is 0 Å². The molecular formula is C14H21Cl. The Morgan fingerprint density at radius 1 is 0.800 bits per heavy atom. The average Bonchev–Trinajstić information content (AvgIpc) is 2.26. The van der Waals surface area contributed by atoms with Crippen molar-refractivity contribution in [3.8, 4) is 23.7 Å². The van der Waals surface area contributed by atoms with Crippen LogP contribution < -0.4 is 0 Å². The van der Waals surface area contributed by atoms with E-state index in [-0.39, 0.29) is 0 Å². The highest BCUT2D eigenvalue weighted by Gasteiger charge is 1.86. The molecule has 0 radical (unpaired) electrons. The lowest BCUT2D eigenvalue weighted by molar-refractivity contribution is 0.682. The van der Waals surface area contributed by atoms with E-state index in [0.717, 1.165) is 25.1 Å². The second-order valence-electron chi connectivity index (χ2n) is 3.56. The van der Waals surface area contributed by atoms with Crippen LogP contribution in [-0.2, 0) is 0 Å². The van der Waals surface area contributed by atoms with E-state index >= 15 is 0 Å². The first-order valence-corrected chi connectivity index (χ1v) is 6.47. The molecule has 0 N–H and O–H groups in total. The van der Waals surface area contributed by atoms with Crippen molar-refractivity contribution in [2.24, 2.45) is 0 Å². The zero-order valence-electron chi connectivity index (χ0n) is 9.74. The molecule has 0 saturated carbocycles. The van der Waals surface area contributed by atoms with Crippen molar-refractivity contribution in [1.82, 2.24) is 0 Å². The van der Waals surface area contributed by atoms with Gasteiger partial charge in [0, 0.05) is 18.7 Å². The Morgan fingerprint density at radius 3 is 2.00 bits per heavy atom. The van der Waals surface area contributed by atoms with Crippen molar-refractivity contribution in [2.75, 3.05) is 5.88 Å². The Labute approximate surface area is 99.8 Å². The molecule has 0 aliphatic rings. The summed E-state index contributed by atoms with van der Waals surface area (Å²) in [6.45, 7) is 2.17. The predicted octanol–water partition coefficient (Wildman–Crippen LogP) is 4.37. The topological polar surface area (TPSA) is 0 Å². The van der Waals surface area contributed by atoms with E-state index in [9.17, 15) is 0 Å². The summed E-state index contributed by atoms with van der Waals surface area (Å²) < 4.78 is 0. The Bertz CT molecular complexity index is 234. The van der Waals surface area contributed by atoms with Crippen molar-refractivity contribution in [1.29, 1.82) is 0 Å². The van der Waals surface area contributed by atoms with Gasteiger partial charge in [0.1, 0.15) is 0 Å². The SMILES string of the molecule is CCCCC#CC#CCCCCCCCl. The van der Waals surface area contributed by atoms with Crippen LogP contribution in [0, 0.1) is 23.7 Å². The van der Waals surface area contributed by atoms with Crippen molar-refractivity contribution in [2.45, 2.75) is 58.3 Å². The number of hydrogen-bond donors (Lipinski definition) is 0. The summed E-state index contributed by atoms with van der Waals surface area (Å²) in [6.07, 6.45) is 9.14. The van der Waals surface area contributed by atoms with Crippen molar-refractivity contribution < 1.29 is 0 Å². The van der Waals surface area contributed by atoms with Gasteiger partial charge in [0.25, 0.3) is 0 Å². The van der Waals surface area contributed by atoms with Gasteiger partial charge in [0.2, 0.25) is 0 Å². The fraction of sp³-hybridized carbons (Fsp3) is 0.714. The molecule has 0 bridgehead atoms. The molecule has 0 amide bonds. The van der Waals surface area contributed by atoms with Crippen LogP contribution in [0.3, 0.4) is 0 Å². The predicted molar refractivity (Wildman–Crippen MR) is 68.9 cm³/mol. The van der Waals surface area contributed by atoms with E-state index in [4.69, 9.17) is 11.6 Å². The number of halogens is 1. The van der Waals surface area contributed by atoms with Gasteiger partial charge >= 0.3 is 0 Å². The Kier molecular flexibility index (Phi) is 12.9. The van der Waals surface area contributed by atoms with E-state index in [2.05, 4.69) is 30.6 Å².